The third-order valence-electron chi connectivity index (χ3n) is 1.87. The van der Waals surface area contributed by atoms with Gasteiger partial charge in [-0.1, -0.05) is 6.07 Å². The van der Waals surface area contributed by atoms with E-state index in [0.717, 1.165) is 6.07 Å². The minimum atomic E-state index is -0.481. The van der Waals surface area contributed by atoms with Crippen LogP contribution in [0.1, 0.15) is 17.3 Å². The second-order valence-corrected chi connectivity index (χ2v) is 3.15. The van der Waals surface area contributed by atoms with E-state index in [1.165, 1.54) is 18.2 Å². The number of likely N-dealkylation sites (N-methyl/N-ethyl adjacent to an activating group) is 1. The van der Waals surface area contributed by atoms with Crippen LogP contribution in [-0.4, -0.2) is 24.9 Å². The molecule has 0 bridgehead atoms. The molecule has 0 saturated carbocycles. The molecule has 0 heterocycles. The van der Waals surface area contributed by atoms with Crippen LogP contribution in [0, 0.1) is 5.82 Å². The number of rotatable bonds is 4. The molecular formula is C11H13FN2O2. The second-order valence-electron chi connectivity index (χ2n) is 3.15. The van der Waals surface area contributed by atoms with Crippen LogP contribution in [0.2, 0.25) is 0 Å². The molecule has 4 nitrogen and oxygen atoms in total. The first-order valence-electron chi connectivity index (χ1n) is 4.94. The lowest BCUT2D eigenvalue weighted by Gasteiger charge is -2.05. The predicted octanol–water partition coefficient (Wildman–Crippen LogP) is 0.692. The molecule has 86 valence electrons. The van der Waals surface area contributed by atoms with Gasteiger partial charge in [0.25, 0.3) is 5.91 Å². The van der Waals surface area contributed by atoms with Gasteiger partial charge in [0.15, 0.2) is 0 Å². The number of carbonyl (C=O) groups is 2. The topological polar surface area (TPSA) is 58.2 Å². The van der Waals surface area contributed by atoms with Crippen molar-refractivity contribution in [2.24, 2.45) is 0 Å². The van der Waals surface area contributed by atoms with Gasteiger partial charge in [-0.3, -0.25) is 9.59 Å². The molecule has 1 aromatic carbocycles. The zero-order valence-corrected chi connectivity index (χ0v) is 8.92. The second kappa shape index (κ2) is 5.85. The van der Waals surface area contributed by atoms with Crippen molar-refractivity contribution in [3.63, 3.8) is 0 Å². The molecule has 1 rings (SSSR count). The molecule has 0 atom stereocenters. The number of amides is 2. The summed E-state index contributed by atoms with van der Waals surface area (Å²) in [5, 5.41) is 4.93. The van der Waals surface area contributed by atoms with Crippen LogP contribution >= 0.6 is 0 Å². The summed E-state index contributed by atoms with van der Waals surface area (Å²) in [5.41, 5.74) is 0.198. The van der Waals surface area contributed by atoms with Crippen molar-refractivity contribution in [1.82, 2.24) is 10.6 Å². The van der Waals surface area contributed by atoms with E-state index < -0.39 is 11.7 Å². The summed E-state index contributed by atoms with van der Waals surface area (Å²) >= 11 is 0. The molecule has 0 radical (unpaired) electrons. The lowest BCUT2D eigenvalue weighted by molar-refractivity contribution is -0.120. The molecule has 0 aromatic heterocycles. The van der Waals surface area contributed by atoms with Gasteiger partial charge in [0.1, 0.15) is 5.82 Å². The Labute approximate surface area is 92.8 Å². The lowest BCUT2D eigenvalue weighted by Crippen LogP contribution is -2.36. The van der Waals surface area contributed by atoms with E-state index in [0.29, 0.717) is 6.54 Å². The fourth-order valence-electron chi connectivity index (χ4n) is 1.15. The van der Waals surface area contributed by atoms with Gasteiger partial charge in [-0.2, -0.15) is 0 Å². The molecule has 5 heteroatoms. The predicted molar refractivity (Wildman–Crippen MR) is 57.4 cm³/mol. The summed E-state index contributed by atoms with van der Waals surface area (Å²) in [6, 6.07) is 5.29. The largest absolute Gasteiger partial charge is 0.355 e. The average Bonchev–Trinajstić information content (AvgIpc) is 2.26. The third kappa shape index (κ3) is 3.68. The normalized spacial score (nSPS) is 9.62. The highest BCUT2D eigenvalue weighted by Gasteiger charge is 2.07. The summed E-state index contributed by atoms with van der Waals surface area (Å²) in [6.45, 7) is 2.18. The molecule has 0 saturated heterocycles. The summed E-state index contributed by atoms with van der Waals surface area (Å²) in [6.07, 6.45) is 0. The van der Waals surface area contributed by atoms with Crippen LogP contribution in [0.3, 0.4) is 0 Å². The van der Waals surface area contributed by atoms with Crippen molar-refractivity contribution in [1.29, 1.82) is 0 Å². The van der Waals surface area contributed by atoms with E-state index in [9.17, 15) is 14.0 Å². The fourth-order valence-corrected chi connectivity index (χ4v) is 1.15. The first kappa shape index (κ1) is 12.2. The number of halogens is 1. The Balaban J connectivity index is 2.50. The van der Waals surface area contributed by atoms with Crippen molar-refractivity contribution in [3.8, 4) is 0 Å². The summed E-state index contributed by atoms with van der Waals surface area (Å²) < 4.78 is 12.8. The number of benzene rings is 1. The lowest BCUT2D eigenvalue weighted by atomic mass is 10.2. The maximum Gasteiger partial charge on any atom is 0.251 e. The van der Waals surface area contributed by atoms with E-state index in [-0.39, 0.29) is 18.0 Å². The Hall–Kier alpha value is -1.91. The number of carbonyl (C=O) groups excluding carboxylic acids is 2. The Morgan fingerprint density at radius 3 is 2.69 bits per heavy atom. The molecule has 0 unspecified atom stereocenters. The number of hydrogen-bond acceptors (Lipinski definition) is 2. The van der Waals surface area contributed by atoms with Crippen LogP contribution in [-0.2, 0) is 4.79 Å². The van der Waals surface area contributed by atoms with E-state index in [2.05, 4.69) is 10.6 Å². The van der Waals surface area contributed by atoms with Gasteiger partial charge in [-0.25, -0.2) is 4.39 Å². The van der Waals surface area contributed by atoms with E-state index in [1.54, 1.807) is 6.92 Å². The van der Waals surface area contributed by atoms with Gasteiger partial charge in [-0.05, 0) is 25.1 Å². The first-order chi connectivity index (χ1) is 7.63. The molecule has 0 aliphatic heterocycles. The van der Waals surface area contributed by atoms with Gasteiger partial charge in [0, 0.05) is 12.1 Å². The zero-order chi connectivity index (χ0) is 12.0. The molecule has 0 aliphatic carbocycles. The summed E-state index contributed by atoms with van der Waals surface area (Å²) in [4.78, 5) is 22.5. The fraction of sp³-hybridized carbons (Fsp3) is 0.273. The number of hydrogen-bond donors (Lipinski definition) is 2. The SMILES string of the molecule is CCNC(=O)CNC(=O)c1cccc(F)c1. The summed E-state index contributed by atoms with van der Waals surface area (Å²) in [7, 11) is 0. The quantitative estimate of drug-likeness (QED) is 0.790. The van der Waals surface area contributed by atoms with Gasteiger partial charge in [-0.15, -0.1) is 0 Å². The molecule has 16 heavy (non-hydrogen) atoms. The average molecular weight is 224 g/mol. The Bertz CT molecular complexity index is 393. The van der Waals surface area contributed by atoms with E-state index in [4.69, 9.17) is 0 Å². The summed E-state index contributed by atoms with van der Waals surface area (Å²) in [5.74, 6) is -1.22. The van der Waals surface area contributed by atoms with Gasteiger partial charge < -0.3 is 10.6 Å². The molecule has 2 N–H and O–H groups in total. The number of nitrogens with one attached hydrogen (secondary N) is 2. The molecule has 2 amide bonds. The van der Waals surface area contributed by atoms with Gasteiger partial charge >= 0.3 is 0 Å². The highest BCUT2D eigenvalue weighted by atomic mass is 19.1. The highest BCUT2D eigenvalue weighted by Crippen LogP contribution is 2.02. The zero-order valence-electron chi connectivity index (χ0n) is 8.92. The first-order valence-corrected chi connectivity index (χ1v) is 4.94. The van der Waals surface area contributed by atoms with Crippen LogP contribution in [0.5, 0.6) is 0 Å². The molecular weight excluding hydrogens is 211 g/mol. The van der Waals surface area contributed by atoms with E-state index in [1.807, 2.05) is 0 Å². The molecule has 0 fully saturated rings. The van der Waals surface area contributed by atoms with Crippen molar-refractivity contribution >= 4 is 11.8 Å². The van der Waals surface area contributed by atoms with Crippen LogP contribution in [0.25, 0.3) is 0 Å². The smallest absolute Gasteiger partial charge is 0.251 e. The Morgan fingerprint density at radius 1 is 1.31 bits per heavy atom. The van der Waals surface area contributed by atoms with Crippen LogP contribution < -0.4 is 10.6 Å². The Morgan fingerprint density at radius 2 is 2.06 bits per heavy atom. The minimum absolute atomic E-state index is 0.108. The van der Waals surface area contributed by atoms with Crippen LogP contribution in [0.4, 0.5) is 4.39 Å². The van der Waals surface area contributed by atoms with Crippen molar-refractivity contribution in [2.75, 3.05) is 13.1 Å². The maximum atomic E-state index is 12.8. The van der Waals surface area contributed by atoms with Crippen molar-refractivity contribution in [3.05, 3.63) is 35.6 Å². The maximum absolute atomic E-state index is 12.8. The highest BCUT2D eigenvalue weighted by molar-refractivity contribution is 5.96. The van der Waals surface area contributed by atoms with Crippen molar-refractivity contribution in [2.45, 2.75) is 6.92 Å². The molecule has 0 spiro atoms. The minimum Gasteiger partial charge on any atom is -0.355 e. The van der Waals surface area contributed by atoms with Gasteiger partial charge in [0.2, 0.25) is 5.91 Å². The molecule has 1 aromatic rings. The molecule has 0 aliphatic rings. The van der Waals surface area contributed by atoms with Crippen molar-refractivity contribution < 1.29 is 14.0 Å². The van der Waals surface area contributed by atoms with E-state index >= 15 is 0 Å². The standard InChI is InChI=1S/C11H13FN2O2/c1-2-13-10(15)7-14-11(16)8-4-3-5-9(12)6-8/h3-6H,2,7H2,1H3,(H,13,15)(H,14,16). The third-order valence-corrected chi connectivity index (χ3v) is 1.87. The monoisotopic (exact) mass is 224 g/mol. The van der Waals surface area contributed by atoms with Crippen LogP contribution in [0.15, 0.2) is 24.3 Å². The Kier molecular flexibility index (Phi) is 4.44. The van der Waals surface area contributed by atoms with Gasteiger partial charge in [0.05, 0.1) is 6.54 Å².